The molecule has 0 aromatic carbocycles. The van der Waals surface area contributed by atoms with E-state index in [1.54, 1.807) is 0 Å². The molecule has 0 N–H and O–H groups in total. The SMILES string of the molecule is O=C(Cc1cn2ccccc2n1)N1CCOCC1. The van der Waals surface area contributed by atoms with Crippen molar-refractivity contribution in [3.05, 3.63) is 36.3 Å². The maximum Gasteiger partial charge on any atom is 0.228 e. The second-order valence-corrected chi connectivity index (χ2v) is 4.37. The predicted octanol–water partition coefficient (Wildman–Crippen LogP) is 0.736. The number of hydrogen-bond acceptors (Lipinski definition) is 3. The van der Waals surface area contributed by atoms with Gasteiger partial charge in [-0.25, -0.2) is 4.98 Å². The lowest BCUT2D eigenvalue weighted by Gasteiger charge is -2.26. The molecular weight excluding hydrogens is 230 g/mol. The van der Waals surface area contributed by atoms with Crippen molar-refractivity contribution in [2.24, 2.45) is 0 Å². The minimum Gasteiger partial charge on any atom is -0.378 e. The minimum absolute atomic E-state index is 0.127. The van der Waals surface area contributed by atoms with Crippen LogP contribution in [0.3, 0.4) is 0 Å². The molecule has 2 aromatic rings. The molecule has 3 heterocycles. The Balaban J connectivity index is 1.73. The zero-order valence-electron chi connectivity index (χ0n) is 10.1. The molecule has 3 rings (SSSR count). The Kier molecular flexibility index (Phi) is 2.98. The lowest BCUT2D eigenvalue weighted by Crippen LogP contribution is -2.41. The molecular formula is C13H15N3O2. The number of aromatic nitrogens is 2. The topological polar surface area (TPSA) is 46.8 Å². The maximum absolute atomic E-state index is 12.1. The standard InChI is InChI=1S/C13H15N3O2/c17-13(15-5-7-18-8-6-15)9-11-10-16-4-2-1-3-12(16)14-11/h1-4,10H,5-9H2. The molecule has 0 radical (unpaired) electrons. The van der Waals surface area contributed by atoms with Gasteiger partial charge in [0.15, 0.2) is 0 Å². The number of fused-ring (bicyclic) bond motifs is 1. The first kappa shape index (κ1) is 11.2. The van der Waals surface area contributed by atoms with Crippen LogP contribution in [-0.2, 0) is 16.0 Å². The maximum atomic E-state index is 12.1. The fraction of sp³-hybridized carbons (Fsp3) is 0.385. The summed E-state index contributed by atoms with van der Waals surface area (Å²) in [7, 11) is 0. The first-order valence-electron chi connectivity index (χ1n) is 6.11. The second kappa shape index (κ2) is 4.78. The van der Waals surface area contributed by atoms with Crippen LogP contribution in [0.25, 0.3) is 5.65 Å². The summed E-state index contributed by atoms with van der Waals surface area (Å²) >= 11 is 0. The van der Waals surface area contributed by atoms with Crippen LogP contribution in [0.2, 0.25) is 0 Å². The highest BCUT2D eigenvalue weighted by Crippen LogP contribution is 2.07. The van der Waals surface area contributed by atoms with Gasteiger partial charge in [0, 0.05) is 25.5 Å². The molecule has 94 valence electrons. The first-order chi connectivity index (χ1) is 8.83. The van der Waals surface area contributed by atoms with Gasteiger partial charge in [-0.3, -0.25) is 4.79 Å². The van der Waals surface area contributed by atoms with Gasteiger partial charge < -0.3 is 14.0 Å². The Morgan fingerprint density at radius 1 is 1.33 bits per heavy atom. The number of ether oxygens (including phenoxy) is 1. The van der Waals surface area contributed by atoms with Gasteiger partial charge in [-0.15, -0.1) is 0 Å². The smallest absolute Gasteiger partial charge is 0.228 e. The van der Waals surface area contributed by atoms with Gasteiger partial charge >= 0.3 is 0 Å². The molecule has 0 spiro atoms. The quantitative estimate of drug-likeness (QED) is 0.784. The van der Waals surface area contributed by atoms with Crippen LogP contribution in [0, 0.1) is 0 Å². The zero-order chi connectivity index (χ0) is 12.4. The summed E-state index contributed by atoms with van der Waals surface area (Å²) in [6.45, 7) is 2.65. The van der Waals surface area contributed by atoms with E-state index >= 15 is 0 Å². The van der Waals surface area contributed by atoms with E-state index in [-0.39, 0.29) is 5.91 Å². The monoisotopic (exact) mass is 245 g/mol. The summed E-state index contributed by atoms with van der Waals surface area (Å²) in [4.78, 5) is 18.3. The van der Waals surface area contributed by atoms with E-state index in [9.17, 15) is 4.79 Å². The van der Waals surface area contributed by atoms with Crippen molar-refractivity contribution in [1.29, 1.82) is 0 Å². The van der Waals surface area contributed by atoms with Crippen LogP contribution in [0.15, 0.2) is 30.6 Å². The highest BCUT2D eigenvalue weighted by Gasteiger charge is 2.18. The molecule has 0 atom stereocenters. The van der Waals surface area contributed by atoms with Gasteiger partial charge in [0.05, 0.1) is 25.3 Å². The van der Waals surface area contributed by atoms with Crippen LogP contribution < -0.4 is 0 Å². The molecule has 18 heavy (non-hydrogen) atoms. The van der Waals surface area contributed by atoms with Gasteiger partial charge in [0.25, 0.3) is 0 Å². The van der Waals surface area contributed by atoms with Crippen LogP contribution in [0.1, 0.15) is 5.69 Å². The number of pyridine rings is 1. The number of carbonyl (C=O) groups is 1. The van der Waals surface area contributed by atoms with E-state index in [2.05, 4.69) is 4.98 Å². The van der Waals surface area contributed by atoms with Crippen molar-refractivity contribution in [1.82, 2.24) is 14.3 Å². The Morgan fingerprint density at radius 2 is 2.17 bits per heavy atom. The van der Waals surface area contributed by atoms with Crippen molar-refractivity contribution in [3.8, 4) is 0 Å². The van der Waals surface area contributed by atoms with Crippen molar-refractivity contribution in [2.75, 3.05) is 26.3 Å². The number of imidazole rings is 1. The van der Waals surface area contributed by atoms with E-state index in [1.165, 1.54) is 0 Å². The van der Waals surface area contributed by atoms with Gasteiger partial charge in [0.1, 0.15) is 5.65 Å². The molecule has 0 saturated carbocycles. The summed E-state index contributed by atoms with van der Waals surface area (Å²) in [6.07, 6.45) is 4.21. The van der Waals surface area contributed by atoms with Gasteiger partial charge in [0.2, 0.25) is 5.91 Å². The molecule has 1 saturated heterocycles. The molecule has 5 heteroatoms. The lowest BCUT2D eigenvalue weighted by atomic mass is 10.3. The number of carbonyl (C=O) groups excluding carboxylic acids is 1. The molecule has 2 aromatic heterocycles. The molecule has 0 unspecified atom stereocenters. The summed E-state index contributed by atoms with van der Waals surface area (Å²) in [5.41, 5.74) is 1.69. The van der Waals surface area contributed by atoms with E-state index in [4.69, 9.17) is 4.74 Å². The highest BCUT2D eigenvalue weighted by atomic mass is 16.5. The van der Waals surface area contributed by atoms with E-state index < -0.39 is 0 Å². The molecule has 1 fully saturated rings. The summed E-state index contributed by atoms with van der Waals surface area (Å²) < 4.78 is 7.17. The van der Waals surface area contributed by atoms with Crippen LogP contribution >= 0.6 is 0 Å². The third-order valence-corrected chi connectivity index (χ3v) is 3.11. The van der Waals surface area contributed by atoms with Gasteiger partial charge in [-0.1, -0.05) is 6.07 Å². The average Bonchev–Trinajstić information content (AvgIpc) is 2.82. The van der Waals surface area contributed by atoms with E-state index in [0.29, 0.717) is 32.7 Å². The summed E-state index contributed by atoms with van der Waals surface area (Å²) in [5, 5.41) is 0. The number of nitrogens with zero attached hydrogens (tertiary/aromatic N) is 3. The minimum atomic E-state index is 0.127. The predicted molar refractivity (Wildman–Crippen MR) is 66.3 cm³/mol. The van der Waals surface area contributed by atoms with Crippen LogP contribution in [-0.4, -0.2) is 46.5 Å². The number of rotatable bonds is 2. The van der Waals surface area contributed by atoms with Crippen LogP contribution in [0.5, 0.6) is 0 Å². The molecule has 0 aliphatic carbocycles. The Labute approximate surface area is 105 Å². The average molecular weight is 245 g/mol. The molecule has 1 aliphatic rings. The van der Waals surface area contributed by atoms with Crippen LogP contribution in [0.4, 0.5) is 0 Å². The largest absolute Gasteiger partial charge is 0.378 e. The molecule has 1 aliphatic heterocycles. The zero-order valence-corrected chi connectivity index (χ0v) is 10.1. The van der Waals surface area contributed by atoms with Crippen molar-refractivity contribution in [2.45, 2.75) is 6.42 Å². The third-order valence-electron chi connectivity index (χ3n) is 3.11. The number of amides is 1. The van der Waals surface area contributed by atoms with E-state index in [0.717, 1.165) is 11.3 Å². The Morgan fingerprint density at radius 3 is 2.94 bits per heavy atom. The number of hydrogen-bond donors (Lipinski definition) is 0. The molecule has 0 bridgehead atoms. The molecule has 5 nitrogen and oxygen atoms in total. The summed E-state index contributed by atoms with van der Waals surface area (Å²) in [6, 6.07) is 5.82. The van der Waals surface area contributed by atoms with Crippen molar-refractivity contribution < 1.29 is 9.53 Å². The number of morpholine rings is 1. The lowest BCUT2D eigenvalue weighted by molar-refractivity contribution is -0.134. The van der Waals surface area contributed by atoms with Crippen molar-refractivity contribution in [3.63, 3.8) is 0 Å². The van der Waals surface area contributed by atoms with Gasteiger partial charge in [-0.05, 0) is 12.1 Å². The van der Waals surface area contributed by atoms with Crippen molar-refractivity contribution >= 4 is 11.6 Å². The van der Waals surface area contributed by atoms with E-state index in [1.807, 2.05) is 39.9 Å². The Hall–Kier alpha value is -1.88. The third kappa shape index (κ3) is 2.22. The Bertz CT molecular complexity index is 525. The fourth-order valence-corrected chi connectivity index (χ4v) is 2.15. The van der Waals surface area contributed by atoms with Gasteiger partial charge in [-0.2, -0.15) is 0 Å². The highest BCUT2D eigenvalue weighted by molar-refractivity contribution is 5.78. The summed E-state index contributed by atoms with van der Waals surface area (Å²) in [5.74, 6) is 0.127. The fourth-order valence-electron chi connectivity index (χ4n) is 2.15. The molecule has 1 amide bonds. The first-order valence-corrected chi connectivity index (χ1v) is 6.11. The normalized spacial score (nSPS) is 16.1. The second-order valence-electron chi connectivity index (χ2n) is 4.37.